The molecule has 6 nitrogen and oxygen atoms in total. The molecule has 0 aliphatic carbocycles. The van der Waals surface area contributed by atoms with E-state index in [0.717, 1.165) is 12.8 Å². The molecule has 0 bridgehead atoms. The van der Waals surface area contributed by atoms with Gasteiger partial charge in [-0.05, 0) is 56.2 Å². The number of ether oxygens (including phenoxy) is 2. The molecule has 144 valence electrons. The second-order valence-corrected chi connectivity index (χ2v) is 7.00. The fourth-order valence-corrected chi connectivity index (χ4v) is 3.50. The third-order valence-electron chi connectivity index (χ3n) is 4.82. The van der Waals surface area contributed by atoms with Gasteiger partial charge in [0.1, 0.15) is 11.4 Å². The maximum absolute atomic E-state index is 12.7. The Bertz CT molecular complexity index is 795. The number of hydrogen-bond acceptors (Lipinski definition) is 4. The molecule has 2 heterocycles. The number of likely N-dealkylation sites (tertiary alicyclic amines) is 1. The smallest absolute Gasteiger partial charge is 0.354 e. The summed E-state index contributed by atoms with van der Waals surface area (Å²) in [6.45, 7) is 3.00. The molecule has 1 amide bonds. The van der Waals surface area contributed by atoms with Crippen LogP contribution in [-0.2, 0) is 9.53 Å². The molecule has 1 aromatic carbocycles. The molecule has 1 aliphatic heterocycles. The highest BCUT2D eigenvalue weighted by atomic mass is 35.5. The van der Waals surface area contributed by atoms with Crippen LogP contribution in [0.15, 0.2) is 42.6 Å². The van der Waals surface area contributed by atoms with Crippen molar-refractivity contribution in [2.75, 3.05) is 20.2 Å². The predicted octanol–water partition coefficient (Wildman–Crippen LogP) is 3.56. The number of nitrogens with zero attached hydrogens (tertiary/aromatic N) is 2. The van der Waals surface area contributed by atoms with E-state index < -0.39 is 6.10 Å². The average Bonchev–Trinajstić information content (AvgIpc) is 3.18. The molecule has 2 aromatic rings. The summed E-state index contributed by atoms with van der Waals surface area (Å²) in [5, 5.41) is 0.625. The zero-order valence-electron chi connectivity index (χ0n) is 15.4. The highest BCUT2D eigenvalue weighted by Crippen LogP contribution is 2.26. The maximum Gasteiger partial charge on any atom is 0.354 e. The first-order valence-corrected chi connectivity index (χ1v) is 9.33. The third kappa shape index (κ3) is 4.45. The number of esters is 1. The number of rotatable bonds is 5. The lowest BCUT2D eigenvalue weighted by Gasteiger charge is -2.34. The van der Waals surface area contributed by atoms with Crippen molar-refractivity contribution < 1.29 is 19.1 Å². The quantitative estimate of drug-likeness (QED) is 0.732. The Labute approximate surface area is 163 Å². The summed E-state index contributed by atoms with van der Waals surface area (Å²) >= 11 is 5.87. The van der Waals surface area contributed by atoms with Crippen molar-refractivity contribution in [3.63, 3.8) is 0 Å². The molecule has 27 heavy (non-hydrogen) atoms. The fourth-order valence-electron chi connectivity index (χ4n) is 3.38. The van der Waals surface area contributed by atoms with Crippen LogP contribution in [0.2, 0.25) is 5.02 Å². The molecular formula is C20H23ClN2O4. The molecule has 1 saturated heterocycles. The van der Waals surface area contributed by atoms with Gasteiger partial charge in [0.15, 0.2) is 6.10 Å². The molecule has 1 aromatic heterocycles. The van der Waals surface area contributed by atoms with Crippen molar-refractivity contribution in [1.82, 2.24) is 9.47 Å². The summed E-state index contributed by atoms with van der Waals surface area (Å²) in [7, 11) is 1.38. The molecule has 1 atom stereocenters. The van der Waals surface area contributed by atoms with Gasteiger partial charge in [-0.3, -0.25) is 4.79 Å². The van der Waals surface area contributed by atoms with Gasteiger partial charge in [0.25, 0.3) is 5.91 Å². The minimum absolute atomic E-state index is 0.0379. The molecule has 7 heteroatoms. The van der Waals surface area contributed by atoms with E-state index in [0.29, 0.717) is 29.6 Å². The van der Waals surface area contributed by atoms with Crippen LogP contribution in [0.3, 0.4) is 0 Å². The van der Waals surface area contributed by atoms with Crippen molar-refractivity contribution in [3.8, 4) is 5.75 Å². The Balaban J connectivity index is 1.57. The van der Waals surface area contributed by atoms with Gasteiger partial charge in [-0.15, -0.1) is 0 Å². The Hall–Kier alpha value is -2.47. The van der Waals surface area contributed by atoms with Crippen LogP contribution in [0.1, 0.15) is 36.3 Å². The van der Waals surface area contributed by atoms with Crippen LogP contribution in [0.5, 0.6) is 5.75 Å². The van der Waals surface area contributed by atoms with Gasteiger partial charge in [0.2, 0.25) is 0 Å². The number of piperidine rings is 1. The first kappa shape index (κ1) is 19.3. The Morgan fingerprint density at radius 3 is 2.44 bits per heavy atom. The number of aromatic nitrogens is 1. The number of hydrogen-bond donors (Lipinski definition) is 0. The largest absolute Gasteiger partial charge is 0.481 e. The summed E-state index contributed by atoms with van der Waals surface area (Å²) < 4.78 is 12.5. The normalized spacial score (nSPS) is 16.0. The van der Waals surface area contributed by atoms with E-state index in [-0.39, 0.29) is 17.9 Å². The van der Waals surface area contributed by atoms with Crippen LogP contribution < -0.4 is 4.74 Å². The highest BCUT2D eigenvalue weighted by molar-refractivity contribution is 6.30. The fraction of sp³-hybridized carbons (Fsp3) is 0.400. The van der Waals surface area contributed by atoms with Gasteiger partial charge in [-0.25, -0.2) is 4.79 Å². The number of amides is 1. The SMILES string of the molecule is COC(=O)c1cccn1C1CCN(C(=O)C(C)Oc2ccc(Cl)cc2)CC1. The van der Waals surface area contributed by atoms with Crippen molar-refractivity contribution in [2.24, 2.45) is 0 Å². The zero-order valence-corrected chi connectivity index (χ0v) is 16.2. The Morgan fingerprint density at radius 2 is 1.81 bits per heavy atom. The van der Waals surface area contributed by atoms with Crippen LogP contribution in [-0.4, -0.2) is 47.6 Å². The average molecular weight is 391 g/mol. The van der Waals surface area contributed by atoms with Gasteiger partial charge >= 0.3 is 5.97 Å². The molecule has 0 saturated carbocycles. The van der Waals surface area contributed by atoms with Crippen molar-refractivity contribution in [2.45, 2.75) is 31.9 Å². The van der Waals surface area contributed by atoms with Crippen molar-refractivity contribution in [3.05, 3.63) is 53.3 Å². The standard InChI is InChI=1S/C20H23ClN2O4/c1-14(27-17-7-5-15(21)6-8-17)19(24)22-12-9-16(10-13-22)23-11-3-4-18(23)20(25)26-2/h3-8,11,14,16H,9-10,12-13H2,1-2H3. The lowest BCUT2D eigenvalue weighted by Crippen LogP contribution is -2.45. The van der Waals surface area contributed by atoms with E-state index in [1.54, 1.807) is 37.3 Å². The van der Waals surface area contributed by atoms with E-state index in [1.807, 2.05) is 21.7 Å². The van der Waals surface area contributed by atoms with Crippen molar-refractivity contribution >= 4 is 23.5 Å². The topological polar surface area (TPSA) is 60.8 Å². The molecule has 0 spiro atoms. The maximum atomic E-state index is 12.7. The molecular weight excluding hydrogens is 368 g/mol. The van der Waals surface area contributed by atoms with E-state index in [9.17, 15) is 9.59 Å². The minimum atomic E-state index is -0.570. The van der Waals surface area contributed by atoms with Crippen molar-refractivity contribution in [1.29, 1.82) is 0 Å². The van der Waals surface area contributed by atoms with Crippen LogP contribution >= 0.6 is 11.6 Å². The molecule has 1 fully saturated rings. The Kier molecular flexibility index (Phi) is 6.06. The van der Waals surface area contributed by atoms with Gasteiger partial charge in [-0.1, -0.05) is 11.6 Å². The van der Waals surface area contributed by atoms with Crippen LogP contribution in [0, 0.1) is 0 Å². The molecule has 0 radical (unpaired) electrons. The first-order chi connectivity index (χ1) is 13.0. The number of carbonyl (C=O) groups excluding carboxylic acids is 2. The van der Waals surface area contributed by atoms with E-state index in [2.05, 4.69) is 0 Å². The first-order valence-electron chi connectivity index (χ1n) is 8.95. The summed E-state index contributed by atoms with van der Waals surface area (Å²) in [4.78, 5) is 26.4. The second-order valence-electron chi connectivity index (χ2n) is 6.56. The third-order valence-corrected chi connectivity index (χ3v) is 5.07. The van der Waals surface area contributed by atoms with Crippen LogP contribution in [0.25, 0.3) is 0 Å². The number of methoxy groups -OCH3 is 1. The number of halogens is 1. The number of benzene rings is 1. The summed E-state index contributed by atoms with van der Waals surface area (Å²) in [6.07, 6.45) is 2.87. The van der Waals surface area contributed by atoms with Crippen LogP contribution in [0.4, 0.5) is 0 Å². The summed E-state index contributed by atoms with van der Waals surface area (Å²) in [5.41, 5.74) is 0.543. The molecule has 3 rings (SSSR count). The highest BCUT2D eigenvalue weighted by Gasteiger charge is 2.29. The van der Waals surface area contributed by atoms with Gasteiger partial charge in [0.05, 0.1) is 7.11 Å². The lowest BCUT2D eigenvalue weighted by atomic mass is 10.0. The molecule has 1 aliphatic rings. The molecule has 0 N–H and O–H groups in total. The summed E-state index contributed by atoms with van der Waals surface area (Å²) in [6, 6.07) is 10.7. The van der Waals surface area contributed by atoms with E-state index in [4.69, 9.17) is 21.1 Å². The molecule has 1 unspecified atom stereocenters. The van der Waals surface area contributed by atoms with E-state index in [1.165, 1.54) is 7.11 Å². The van der Waals surface area contributed by atoms with Gasteiger partial charge < -0.3 is 18.9 Å². The van der Waals surface area contributed by atoms with E-state index >= 15 is 0 Å². The van der Waals surface area contributed by atoms with Gasteiger partial charge in [-0.2, -0.15) is 0 Å². The second kappa shape index (κ2) is 8.48. The Morgan fingerprint density at radius 1 is 1.15 bits per heavy atom. The lowest BCUT2D eigenvalue weighted by molar-refractivity contribution is -0.139. The monoisotopic (exact) mass is 390 g/mol. The summed E-state index contributed by atoms with van der Waals surface area (Å²) in [5.74, 6) is 0.234. The number of carbonyl (C=O) groups is 2. The predicted molar refractivity (Wildman–Crippen MR) is 102 cm³/mol. The van der Waals surface area contributed by atoms with Gasteiger partial charge in [0, 0.05) is 30.4 Å². The minimum Gasteiger partial charge on any atom is -0.481 e. The zero-order chi connectivity index (χ0) is 19.4.